The zero-order valence-electron chi connectivity index (χ0n) is 20.7. The third-order valence-corrected chi connectivity index (χ3v) is 7.05. The number of nitrogens with one attached hydrogen (secondary N) is 3. The molecule has 1 aliphatic carbocycles. The number of benzene rings is 2. The van der Waals surface area contributed by atoms with Gasteiger partial charge in [0.15, 0.2) is 5.78 Å². The summed E-state index contributed by atoms with van der Waals surface area (Å²) in [6, 6.07) is 14.5. The van der Waals surface area contributed by atoms with Gasteiger partial charge in [-0.25, -0.2) is 0 Å². The minimum absolute atomic E-state index is 0.0114. The molecule has 1 heterocycles. The summed E-state index contributed by atoms with van der Waals surface area (Å²) in [7, 11) is 1.58. The largest absolute Gasteiger partial charge is 0.497 e. The van der Waals surface area contributed by atoms with E-state index in [4.69, 9.17) is 4.74 Å². The average Bonchev–Trinajstić information content (AvgIpc) is 3.49. The highest BCUT2D eigenvalue weighted by Gasteiger charge is 2.48. The topological polar surface area (TPSA) is 114 Å². The Labute approximate surface area is 211 Å². The van der Waals surface area contributed by atoms with Crippen LogP contribution in [0.25, 0.3) is 0 Å². The Morgan fingerprint density at radius 3 is 2.19 bits per heavy atom. The van der Waals surface area contributed by atoms with Gasteiger partial charge in [0.1, 0.15) is 17.8 Å². The van der Waals surface area contributed by atoms with Crippen LogP contribution in [-0.4, -0.2) is 48.7 Å². The number of carbonyl (C=O) groups is 4. The summed E-state index contributed by atoms with van der Waals surface area (Å²) in [5.74, 6) is -0.324. The third kappa shape index (κ3) is 6.30. The standard InChI is InChI=1S/C28H33N3O5/c1-28(14-15-28)25(33)22(16-18-6-4-3-5-7-18)30-27(35)23(17-19-8-10-20(36-2)11-9-19)31-26(34)21-12-13-24(32)29-21/h3-11,21-23H,12-17H2,1-2H3,(H,29,32)(H,30,35)(H,31,34)/t21-,22-,23-/m0/s1. The highest BCUT2D eigenvalue weighted by molar-refractivity contribution is 5.98. The van der Waals surface area contributed by atoms with E-state index in [-0.39, 0.29) is 24.5 Å². The van der Waals surface area contributed by atoms with Crippen molar-refractivity contribution < 1.29 is 23.9 Å². The molecule has 0 bridgehead atoms. The number of carbonyl (C=O) groups excluding carboxylic acids is 4. The van der Waals surface area contributed by atoms with Crippen molar-refractivity contribution >= 4 is 23.5 Å². The van der Waals surface area contributed by atoms with Crippen molar-refractivity contribution in [3.05, 3.63) is 65.7 Å². The van der Waals surface area contributed by atoms with Crippen LogP contribution >= 0.6 is 0 Å². The van der Waals surface area contributed by atoms with E-state index < -0.39 is 35.4 Å². The van der Waals surface area contributed by atoms with Gasteiger partial charge in [0.25, 0.3) is 0 Å². The Kier molecular flexibility index (Phi) is 7.72. The van der Waals surface area contributed by atoms with Gasteiger partial charge in [0.05, 0.1) is 13.2 Å². The molecule has 3 N–H and O–H groups in total. The molecular formula is C28H33N3O5. The van der Waals surface area contributed by atoms with Crippen LogP contribution in [0.4, 0.5) is 0 Å². The molecule has 0 spiro atoms. The number of Topliss-reactive ketones (excluding diaryl/α,β-unsaturated/α-hetero) is 1. The van der Waals surface area contributed by atoms with Crippen molar-refractivity contribution in [2.75, 3.05) is 7.11 Å². The molecule has 4 rings (SSSR count). The van der Waals surface area contributed by atoms with Crippen LogP contribution in [-0.2, 0) is 32.0 Å². The summed E-state index contributed by atoms with van der Waals surface area (Å²) >= 11 is 0. The zero-order chi connectivity index (χ0) is 25.7. The minimum Gasteiger partial charge on any atom is -0.497 e. The second-order valence-electron chi connectivity index (χ2n) is 9.95. The molecule has 0 radical (unpaired) electrons. The van der Waals surface area contributed by atoms with Crippen molar-refractivity contribution in [1.29, 1.82) is 0 Å². The number of ether oxygens (including phenoxy) is 1. The van der Waals surface area contributed by atoms with Crippen LogP contribution in [0.15, 0.2) is 54.6 Å². The molecule has 2 fully saturated rings. The molecule has 8 nitrogen and oxygen atoms in total. The maximum absolute atomic E-state index is 13.5. The van der Waals surface area contributed by atoms with E-state index in [1.807, 2.05) is 49.4 Å². The summed E-state index contributed by atoms with van der Waals surface area (Å²) in [4.78, 5) is 51.4. The summed E-state index contributed by atoms with van der Waals surface area (Å²) in [5.41, 5.74) is 1.35. The van der Waals surface area contributed by atoms with Gasteiger partial charge in [0.2, 0.25) is 17.7 Å². The third-order valence-electron chi connectivity index (χ3n) is 7.05. The van der Waals surface area contributed by atoms with Gasteiger partial charge in [-0.1, -0.05) is 49.4 Å². The number of methoxy groups -OCH3 is 1. The van der Waals surface area contributed by atoms with Crippen LogP contribution in [0.1, 0.15) is 43.7 Å². The summed E-state index contributed by atoms with van der Waals surface area (Å²) in [5, 5.41) is 8.40. The fourth-order valence-corrected chi connectivity index (χ4v) is 4.48. The highest BCUT2D eigenvalue weighted by atomic mass is 16.5. The van der Waals surface area contributed by atoms with Crippen molar-refractivity contribution in [2.24, 2.45) is 5.41 Å². The summed E-state index contributed by atoms with van der Waals surface area (Å²) in [6.45, 7) is 1.93. The number of hydrogen-bond acceptors (Lipinski definition) is 5. The van der Waals surface area contributed by atoms with Crippen molar-refractivity contribution in [3.8, 4) is 5.75 Å². The predicted octanol–water partition coefficient (Wildman–Crippen LogP) is 2.10. The Bertz CT molecular complexity index is 1110. The Morgan fingerprint density at radius 1 is 0.972 bits per heavy atom. The fraction of sp³-hybridized carbons (Fsp3) is 0.429. The lowest BCUT2D eigenvalue weighted by molar-refractivity contribution is -0.133. The first-order chi connectivity index (χ1) is 17.3. The van der Waals surface area contributed by atoms with Crippen LogP contribution in [0.3, 0.4) is 0 Å². The second-order valence-corrected chi connectivity index (χ2v) is 9.95. The maximum atomic E-state index is 13.5. The first-order valence-corrected chi connectivity index (χ1v) is 12.4. The highest BCUT2D eigenvalue weighted by Crippen LogP contribution is 2.46. The van der Waals surface area contributed by atoms with Crippen molar-refractivity contribution in [1.82, 2.24) is 16.0 Å². The molecule has 2 aromatic carbocycles. The average molecular weight is 492 g/mol. The molecule has 8 heteroatoms. The lowest BCUT2D eigenvalue weighted by Gasteiger charge is -2.26. The SMILES string of the molecule is COc1ccc(C[C@H](NC(=O)[C@@H]2CCC(=O)N2)C(=O)N[C@@H](Cc2ccccc2)C(=O)C2(C)CC2)cc1. The normalized spacial score (nSPS) is 19.5. The van der Waals surface area contributed by atoms with E-state index >= 15 is 0 Å². The summed E-state index contributed by atoms with van der Waals surface area (Å²) < 4.78 is 5.21. The zero-order valence-corrected chi connectivity index (χ0v) is 20.7. The van der Waals surface area contributed by atoms with Crippen LogP contribution in [0.2, 0.25) is 0 Å². The molecule has 0 aromatic heterocycles. The van der Waals surface area contributed by atoms with Gasteiger partial charge >= 0.3 is 0 Å². The van der Waals surface area contributed by atoms with E-state index in [1.165, 1.54) is 0 Å². The Balaban J connectivity index is 1.53. The van der Waals surface area contributed by atoms with E-state index in [9.17, 15) is 19.2 Å². The maximum Gasteiger partial charge on any atom is 0.243 e. The number of rotatable bonds is 11. The fourth-order valence-electron chi connectivity index (χ4n) is 4.48. The van der Waals surface area contributed by atoms with Gasteiger partial charge in [0, 0.05) is 18.3 Å². The van der Waals surface area contributed by atoms with Gasteiger partial charge in [-0.3, -0.25) is 19.2 Å². The number of hydrogen-bond donors (Lipinski definition) is 3. The van der Waals surface area contributed by atoms with E-state index in [0.29, 0.717) is 18.6 Å². The lowest BCUT2D eigenvalue weighted by Crippen LogP contribution is -2.56. The number of amides is 3. The van der Waals surface area contributed by atoms with E-state index in [2.05, 4.69) is 16.0 Å². The monoisotopic (exact) mass is 491 g/mol. The minimum atomic E-state index is -0.915. The van der Waals surface area contributed by atoms with Gasteiger partial charge < -0.3 is 20.7 Å². The van der Waals surface area contributed by atoms with Gasteiger partial charge in [-0.15, -0.1) is 0 Å². The second kappa shape index (κ2) is 10.9. The first kappa shape index (κ1) is 25.4. The van der Waals surface area contributed by atoms with Crippen LogP contribution in [0.5, 0.6) is 5.75 Å². The molecular weight excluding hydrogens is 458 g/mol. The van der Waals surface area contributed by atoms with E-state index in [0.717, 1.165) is 24.0 Å². The Hall–Kier alpha value is -3.68. The smallest absolute Gasteiger partial charge is 0.243 e. The van der Waals surface area contributed by atoms with Crippen molar-refractivity contribution in [3.63, 3.8) is 0 Å². The van der Waals surface area contributed by atoms with Crippen LogP contribution in [0, 0.1) is 5.41 Å². The summed E-state index contributed by atoms with van der Waals surface area (Å²) in [6.07, 6.45) is 2.88. The van der Waals surface area contributed by atoms with Crippen molar-refractivity contribution in [2.45, 2.75) is 63.6 Å². The molecule has 1 saturated carbocycles. The quantitative estimate of drug-likeness (QED) is 0.446. The number of ketones is 1. The molecule has 0 unspecified atom stereocenters. The molecule has 2 aliphatic rings. The molecule has 3 amide bonds. The molecule has 2 aromatic rings. The predicted molar refractivity (Wildman–Crippen MR) is 134 cm³/mol. The van der Waals surface area contributed by atoms with E-state index in [1.54, 1.807) is 19.2 Å². The molecule has 1 saturated heterocycles. The first-order valence-electron chi connectivity index (χ1n) is 12.4. The van der Waals surface area contributed by atoms with Gasteiger partial charge in [-0.2, -0.15) is 0 Å². The lowest BCUT2D eigenvalue weighted by atomic mass is 9.92. The molecule has 1 aliphatic heterocycles. The Morgan fingerprint density at radius 2 is 1.61 bits per heavy atom. The molecule has 36 heavy (non-hydrogen) atoms. The molecule has 190 valence electrons. The molecule has 3 atom stereocenters. The van der Waals surface area contributed by atoms with Crippen LogP contribution < -0.4 is 20.7 Å². The van der Waals surface area contributed by atoms with Gasteiger partial charge in [-0.05, 0) is 48.9 Å².